The zero-order chi connectivity index (χ0) is 20.9. The number of carbonyl (C=O) groups is 2. The molecule has 150 valence electrons. The second kappa shape index (κ2) is 8.83. The van der Waals surface area contributed by atoms with Crippen molar-refractivity contribution < 1.29 is 37.0 Å². The molecule has 0 atom stereocenters. The van der Waals surface area contributed by atoms with Gasteiger partial charge in [-0.05, 0) is 24.3 Å². The van der Waals surface area contributed by atoms with Gasteiger partial charge in [0, 0.05) is 12.1 Å². The Labute approximate surface area is 163 Å². The molecule has 0 unspecified atom stereocenters. The van der Waals surface area contributed by atoms with E-state index in [2.05, 4.69) is 5.32 Å². The van der Waals surface area contributed by atoms with Crippen LogP contribution in [0.4, 0.5) is 18.9 Å². The summed E-state index contributed by atoms with van der Waals surface area (Å²) in [5, 5.41) is 2.74. The molecule has 28 heavy (non-hydrogen) atoms. The Kier molecular flexibility index (Phi) is 6.74. The molecule has 6 nitrogen and oxygen atoms in total. The normalized spacial score (nSPS) is 10.9. The van der Waals surface area contributed by atoms with Gasteiger partial charge in [-0.3, -0.25) is 4.79 Å². The first kappa shape index (κ1) is 21.4. The van der Waals surface area contributed by atoms with Crippen LogP contribution in [0.5, 0.6) is 11.5 Å². The van der Waals surface area contributed by atoms with Gasteiger partial charge in [0.15, 0.2) is 6.61 Å². The fourth-order valence-electron chi connectivity index (χ4n) is 2.15. The van der Waals surface area contributed by atoms with Crippen molar-refractivity contribution in [3.8, 4) is 11.5 Å². The number of alkyl halides is 3. The summed E-state index contributed by atoms with van der Waals surface area (Å²) >= 11 is 5.97. The van der Waals surface area contributed by atoms with E-state index >= 15 is 0 Å². The van der Waals surface area contributed by atoms with E-state index < -0.39 is 30.2 Å². The molecule has 0 bridgehead atoms. The molecule has 0 aliphatic heterocycles. The van der Waals surface area contributed by atoms with Crippen LogP contribution in [-0.2, 0) is 15.7 Å². The molecule has 2 rings (SSSR count). The number of nitrogens with one attached hydrogen (secondary N) is 1. The van der Waals surface area contributed by atoms with Crippen LogP contribution in [0.1, 0.15) is 15.9 Å². The van der Waals surface area contributed by atoms with Crippen molar-refractivity contribution in [3.63, 3.8) is 0 Å². The lowest BCUT2D eigenvalue weighted by molar-refractivity contribution is -0.137. The number of rotatable bonds is 6. The third-order valence-corrected chi connectivity index (χ3v) is 3.83. The molecular weight excluding hydrogens is 403 g/mol. The first-order valence-electron chi connectivity index (χ1n) is 7.71. The monoisotopic (exact) mass is 417 g/mol. The minimum Gasteiger partial charge on any atom is -0.495 e. The van der Waals surface area contributed by atoms with Crippen molar-refractivity contribution >= 4 is 29.2 Å². The van der Waals surface area contributed by atoms with Crippen molar-refractivity contribution in [1.29, 1.82) is 0 Å². The molecular formula is C18H15ClF3NO5. The number of benzene rings is 2. The van der Waals surface area contributed by atoms with Crippen LogP contribution in [0.25, 0.3) is 0 Å². The summed E-state index contributed by atoms with van der Waals surface area (Å²) in [7, 11) is 2.77. The van der Waals surface area contributed by atoms with Gasteiger partial charge in [-0.1, -0.05) is 11.6 Å². The Morgan fingerprint density at radius 2 is 1.64 bits per heavy atom. The summed E-state index contributed by atoms with van der Waals surface area (Å²) < 4.78 is 52.5. The molecule has 10 heteroatoms. The quantitative estimate of drug-likeness (QED) is 0.714. The Morgan fingerprint density at radius 1 is 1.04 bits per heavy atom. The van der Waals surface area contributed by atoms with Crippen LogP contribution < -0.4 is 14.8 Å². The first-order valence-corrected chi connectivity index (χ1v) is 8.09. The minimum atomic E-state index is -4.51. The van der Waals surface area contributed by atoms with Crippen LogP contribution in [0.2, 0.25) is 5.02 Å². The summed E-state index contributed by atoms with van der Waals surface area (Å²) in [6, 6.07) is 6.30. The van der Waals surface area contributed by atoms with E-state index in [1.54, 1.807) is 0 Å². The van der Waals surface area contributed by atoms with Crippen LogP contribution in [-0.4, -0.2) is 32.7 Å². The number of hydrogen-bond donors (Lipinski definition) is 1. The van der Waals surface area contributed by atoms with Gasteiger partial charge in [0.1, 0.15) is 11.5 Å². The summed E-state index contributed by atoms with van der Waals surface area (Å²) in [6.07, 6.45) is -4.51. The topological polar surface area (TPSA) is 73.9 Å². The van der Waals surface area contributed by atoms with Crippen LogP contribution >= 0.6 is 11.6 Å². The molecule has 0 aliphatic carbocycles. The molecule has 0 saturated heterocycles. The van der Waals surface area contributed by atoms with Gasteiger partial charge in [-0.15, -0.1) is 0 Å². The third-order valence-electron chi connectivity index (χ3n) is 3.53. The molecule has 0 aliphatic rings. The molecule has 0 fully saturated rings. The number of amides is 1. The highest BCUT2D eigenvalue weighted by molar-refractivity contribution is 6.32. The highest BCUT2D eigenvalue weighted by Gasteiger charge is 2.30. The summed E-state index contributed by atoms with van der Waals surface area (Å²) in [4.78, 5) is 23.9. The summed E-state index contributed by atoms with van der Waals surface area (Å²) in [5.41, 5.74) is -0.781. The second-order valence-electron chi connectivity index (χ2n) is 5.39. The smallest absolute Gasteiger partial charge is 0.416 e. The molecule has 2 aromatic rings. The molecule has 0 heterocycles. The molecule has 0 saturated carbocycles. The molecule has 0 radical (unpaired) electrons. The van der Waals surface area contributed by atoms with Crippen molar-refractivity contribution in [1.82, 2.24) is 0 Å². The standard InChI is InChI=1S/C18H15ClF3NO5/c1-26-14-8-13(15(27-2)7-12(14)19)23-16(24)9-28-17(25)10-3-5-11(6-4-10)18(20,21)22/h3-8H,9H2,1-2H3,(H,23,24). The molecule has 0 spiro atoms. The van der Waals surface area contributed by atoms with E-state index in [4.69, 9.17) is 25.8 Å². The van der Waals surface area contributed by atoms with E-state index in [9.17, 15) is 22.8 Å². The fourth-order valence-corrected chi connectivity index (χ4v) is 2.38. The van der Waals surface area contributed by atoms with E-state index in [0.717, 1.165) is 24.3 Å². The number of halogens is 4. The molecule has 0 aromatic heterocycles. The largest absolute Gasteiger partial charge is 0.495 e. The van der Waals surface area contributed by atoms with Gasteiger partial charge >= 0.3 is 12.1 Å². The van der Waals surface area contributed by atoms with Gasteiger partial charge in [0.05, 0.1) is 36.1 Å². The predicted octanol–water partition coefficient (Wildman–Crippen LogP) is 4.17. The highest BCUT2D eigenvalue weighted by Crippen LogP contribution is 2.35. The molecule has 1 amide bonds. The highest BCUT2D eigenvalue weighted by atomic mass is 35.5. The van der Waals surface area contributed by atoms with Crippen molar-refractivity contribution in [2.75, 3.05) is 26.1 Å². The van der Waals surface area contributed by atoms with E-state index in [1.165, 1.54) is 26.4 Å². The lowest BCUT2D eigenvalue weighted by atomic mass is 10.1. The van der Waals surface area contributed by atoms with Crippen LogP contribution in [0, 0.1) is 0 Å². The molecule has 2 aromatic carbocycles. The maximum absolute atomic E-state index is 12.5. The van der Waals surface area contributed by atoms with Crippen LogP contribution in [0.15, 0.2) is 36.4 Å². The lowest BCUT2D eigenvalue weighted by Crippen LogP contribution is -2.21. The average Bonchev–Trinajstić information content (AvgIpc) is 2.66. The van der Waals surface area contributed by atoms with Gasteiger partial charge in [-0.2, -0.15) is 13.2 Å². The van der Waals surface area contributed by atoms with E-state index in [1.807, 2.05) is 0 Å². The number of esters is 1. The van der Waals surface area contributed by atoms with Crippen molar-refractivity contribution in [3.05, 3.63) is 52.5 Å². The fraction of sp³-hybridized carbons (Fsp3) is 0.222. The van der Waals surface area contributed by atoms with Crippen molar-refractivity contribution in [2.24, 2.45) is 0 Å². The molecule has 1 N–H and O–H groups in total. The number of carbonyl (C=O) groups excluding carboxylic acids is 2. The predicted molar refractivity (Wildman–Crippen MR) is 94.9 cm³/mol. The maximum Gasteiger partial charge on any atom is 0.416 e. The number of ether oxygens (including phenoxy) is 3. The Bertz CT molecular complexity index is 869. The third kappa shape index (κ3) is 5.29. The number of hydrogen-bond acceptors (Lipinski definition) is 5. The zero-order valence-corrected chi connectivity index (χ0v) is 15.5. The SMILES string of the molecule is COc1cc(NC(=O)COC(=O)c2ccc(C(F)(F)F)cc2)c(OC)cc1Cl. The zero-order valence-electron chi connectivity index (χ0n) is 14.7. The summed E-state index contributed by atoms with van der Waals surface area (Å²) in [5.74, 6) is -1.08. The number of methoxy groups -OCH3 is 2. The van der Waals surface area contributed by atoms with Crippen LogP contribution in [0.3, 0.4) is 0 Å². The van der Waals surface area contributed by atoms with Gasteiger partial charge < -0.3 is 19.5 Å². The lowest BCUT2D eigenvalue weighted by Gasteiger charge is -2.13. The minimum absolute atomic E-state index is 0.119. The Hall–Kier alpha value is -2.94. The van der Waals surface area contributed by atoms with E-state index in [-0.39, 0.29) is 22.0 Å². The van der Waals surface area contributed by atoms with Gasteiger partial charge in [0.25, 0.3) is 5.91 Å². The maximum atomic E-state index is 12.5. The van der Waals surface area contributed by atoms with Gasteiger partial charge in [-0.25, -0.2) is 4.79 Å². The summed E-state index contributed by atoms with van der Waals surface area (Å²) in [6.45, 7) is -0.659. The second-order valence-corrected chi connectivity index (χ2v) is 5.79. The van der Waals surface area contributed by atoms with Gasteiger partial charge in [0.2, 0.25) is 0 Å². The van der Waals surface area contributed by atoms with Crippen molar-refractivity contribution in [2.45, 2.75) is 6.18 Å². The number of anilines is 1. The average molecular weight is 418 g/mol. The Balaban J connectivity index is 2.00. The Morgan fingerprint density at radius 3 is 2.18 bits per heavy atom. The first-order chi connectivity index (χ1) is 13.2. The van der Waals surface area contributed by atoms with E-state index in [0.29, 0.717) is 5.75 Å².